The molecule has 1 aliphatic rings. The number of esters is 1. The molecule has 3 aromatic carbocycles. The second-order valence-corrected chi connectivity index (χ2v) is 12.1. The van der Waals surface area contributed by atoms with E-state index in [1.807, 2.05) is 49.4 Å². The van der Waals surface area contributed by atoms with Crippen molar-refractivity contribution in [2.75, 3.05) is 13.2 Å². The molecule has 1 atom stereocenters. The minimum atomic E-state index is -0.865. The molecule has 4 aromatic rings. The highest BCUT2D eigenvalue weighted by Crippen LogP contribution is 2.35. The van der Waals surface area contributed by atoms with Crippen LogP contribution in [0.2, 0.25) is 0 Å². The molecule has 1 aromatic heterocycles. The summed E-state index contributed by atoms with van der Waals surface area (Å²) in [5.41, 5.74) is 2.37. The molecular formula is C30H23FI2N2O4S. The first kappa shape index (κ1) is 28.7. The highest BCUT2D eigenvalue weighted by molar-refractivity contribution is 14.1. The first-order valence-corrected chi connectivity index (χ1v) is 15.5. The Morgan fingerprint density at radius 1 is 1.07 bits per heavy atom. The quantitative estimate of drug-likeness (QED) is 0.179. The molecule has 0 bridgehead atoms. The first-order valence-electron chi connectivity index (χ1n) is 12.5. The van der Waals surface area contributed by atoms with Crippen LogP contribution < -0.4 is 19.6 Å². The zero-order chi connectivity index (χ0) is 28.4. The molecule has 10 heteroatoms. The van der Waals surface area contributed by atoms with Crippen LogP contribution in [0.5, 0.6) is 5.75 Å². The van der Waals surface area contributed by atoms with Crippen molar-refractivity contribution in [2.45, 2.75) is 19.9 Å². The first-order chi connectivity index (χ1) is 19.3. The number of rotatable bonds is 7. The van der Waals surface area contributed by atoms with Gasteiger partial charge >= 0.3 is 5.97 Å². The SMILES string of the molecule is CCOC(=O)C1=C(c2ccccc2)N=c2s/c(=C\c3cc(I)cc(I)c3OCC)c(=O)n2[C@H]1c1ccc(F)cc1. The summed E-state index contributed by atoms with van der Waals surface area (Å²) in [5.74, 6) is -0.307. The minimum Gasteiger partial charge on any atom is -0.492 e. The van der Waals surface area contributed by atoms with Crippen LogP contribution in [0.25, 0.3) is 11.8 Å². The maximum absolute atomic E-state index is 14.1. The molecule has 204 valence electrons. The van der Waals surface area contributed by atoms with Crippen molar-refractivity contribution in [2.24, 2.45) is 4.99 Å². The lowest BCUT2D eigenvalue weighted by atomic mass is 9.93. The molecule has 6 nitrogen and oxygen atoms in total. The van der Waals surface area contributed by atoms with Crippen molar-refractivity contribution in [1.82, 2.24) is 4.57 Å². The third-order valence-corrected chi connectivity index (χ3v) is 8.58. The third kappa shape index (κ3) is 5.66. The molecular weight excluding hydrogens is 757 g/mol. The number of carbonyl (C=O) groups excluding carboxylic acids is 1. The number of halogens is 3. The summed E-state index contributed by atoms with van der Waals surface area (Å²) in [5, 5.41) is 0. The van der Waals surface area contributed by atoms with Gasteiger partial charge in [0.1, 0.15) is 11.6 Å². The van der Waals surface area contributed by atoms with E-state index in [0.717, 1.165) is 12.7 Å². The van der Waals surface area contributed by atoms with Gasteiger partial charge in [-0.1, -0.05) is 53.8 Å². The van der Waals surface area contributed by atoms with E-state index in [1.165, 1.54) is 28.0 Å². The number of benzene rings is 3. The van der Waals surface area contributed by atoms with Gasteiger partial charge in [0.05, 0.1) is 38.6 Å². The van der Waals surface area contributed by atoms with Gasteiger partial charge in [0.2, 0.25) is 0 Å². The second-order valence-electron chi connectivity index (χ2n) is 8.72. The lowest BCUT2D eigenvalue weighted by Gasteiger charge is -2.25. The monoisotopic (exact) mass is 780 g/mol. The molecule has 0 radical (unpaired) electrons. The van der Waals surface area contributed by atoms with Crippen LogP contribution in [0.3, 0.4) is 0 Å². The summed E-state index contributed by atoms with van der Waals surface area (Å²) in [4.78, 5) is 32.8. The Kier molecular flexibility index (Phi) is 8.86. The molecule has 0 amide bonds. The molecule has 2 heterocycles. The van der Waals surface area contributed by atoms with Crippen molar-refractivity contribution in [3.8, 4) is 5.75 Å². The number of carbonyl (C=O) groups is 1. The summed E-state index contributed by atoms with van der Waals surface area (Å²) < 4.78 is 29.2. The number of fused-ring (bicyclic) bond motifs is 1. The van der Waals surface area contributed by atoms with Crippen LogP contribution in [-0.2, 0) is 9.53 Å². The molecule has 0 N–H and O–H groups in total. The summed E-state index contributed by atoms with van der Waals surface area (Å²) >= 11 is 5.69. The molecule has 1 aliphatic heterocycles. The average Bonchev–Trinajstić information content (AvgIpc) is 3.25. The van der Waals surface area contributed by atoms with E-state index in [-0.39, 0.29) is 17.7 Å². The zero-order valence-corrected chi connectivity index (χ0v) is 26.6. The van der Waals surface area contributed by atoms with Gasteiger partial charge in [-0.3, -0.25) is 9.36 Å². The Morgan fingerprint density at radius 2 is 1.80 bits per heavy atom. The van der Waals surface area contributed by atoms with Crippen LogP contribution >= 0.6 is 56.5 Å². The van der Waals surface area contributed by atoms with Gasteiger partial charge in [0, 0.05) is 14.7 Å². The maximum atomic E-state index is 14.1. The molecule has 0 fully saturated rings. The normalized spacial score (nSPS) is 15.0. The topological polar surface area (TPSA) is 69.9 Å². The van der Waals surface area contributed by atoms with E-state index >= 15 is 0 Å². The average molecular weight is 780 g/mol. The largest absolute Gasteiger partial charge is 0.492 e. The number of aromatic nitrogens is 1. The molecule has 0 saturated carbocycles. The van der Waals surface area contributed by atoms with Crippen molar-refractivity contribution in [3.05, 3.63) is 122 Å². The van der Waals surface area contributed by atoms with Crippen molar-refractivity contribution >= 4 is 74.3 Å². The standard InChI is InChI=1S/C30H23FI2N2O4S/c1-3-38-27-19(14-21(32)16-22(27)33)15-23-28(36)35-26(18-10-12-20(31)13-11-18)24(29(37)39-4-2)25(34-30(35)40-23)17-8-6-5-7-9-17/h5-16,26H,3-4H2,1-2H3/b23-15-/t26-/m0/s1. The molecule has 40 heavy (non-hydrogen) atoms. The van der Waals surface area contributed by atoms with Gasteiger partial charge in [-0.15, -0.1) is 0 Å². The van der Waals surface area contributed by atoms with Crippen LogP contribution in [0.1, 0.15) is 36.6 Å². The summed E-state index contributed by atoms with van der Waals surface area (Å²) in [6.07, 6.45) is 1.80. The van der Waals surface area contributed by atoms with Crippen molar-refractivity contribution < 1.29 is 18.7 Å². The van der Waals surface area contributed by atoms with Gasteiger partial charge in [0.15, 0.2) is 4.80 Å². The van der Waals surface area contributed by atoms with Crippen molar-refractivity contribution in [3.63, 3.8) is 0 Å². The summed E-state index contributed by atoms with van der Waals surface area (Å²) in [7, 11) is 0. The Morgan fingerprint density at radius 3 is 2.48 bits per heavy atom. The van der Waals surface area contributed by atoms with Gasteiger partial charge in [0.25, 0.3) is 5.56 Å². The third-order valence-electron chi connectivity index (χ3n) is 6.17. The van der Waals surface area contributed by atoms with Gasteiger partial charge in [-0.25, -0.2) is 14.2 Å². The Hall–Kier alpha value is -2.84. The molecule has 5 rings (SSSR count). The number of ether oxygens (including phenoxy) is 2. The van der Waals surface area contributed by atoms with Gasteiger partial charge in [-0.05, 0) is 94.9 Å². The Labute approximate surface area is 261 Å². The Balaban J connectivity index is 1.83. The summed E-state index contributed by atoms with van der Waals surface area (Å²) in [6, 6.07) is 18.2. The predicted molar refractivity (Wildman–Crippen MR) is 171 cm³/mol. The van der Waals surface area contributed by atoms with Crippen LogP contribution in [0.4, 0.5) is 4.39 Å². The molecule has 0 spiro atoms. The lowest BCUT2D eigenvalue weighted by molar-refractivity contribution is -0.138. The maximum Gasteiger partial charge on any atom is 0.338 e. The summed E-state index contributed by atoms with van der Waals surface area (Å²) in [6.45, 7) is 4.26. The molecule has 0 aliphatic carbocycles. The number of hydrogen-bond donors (Lipinski definition) is 0. The fraction of sp³-hybridized carbons (Fsp3) is 0.167. The molecule has 0 unspecified atom stereocenters. The lowest BCUT2D eigenvalue weighted by Crippen LogP contribution is -2.40. The smallest absolute Gasteiger partial charge is 0.338 e. The van der Waals surface area contributed by atoms with E-state index in [4.69, 9.17) is 14.5 Å². The van der Waals surface area contributed by atoms with Crippen molar-refractivity contribution in [1.29, 1.82) is 0 Å². The van der Waals surface area contributed by atoms with E-state index in [9.17, 15) is 14.0 Å². The fourth-order valence-electron chi connectivity index (χ4n) is 4.53. The number of thiazole rings is 1. The highest BCUT2D eigenvalue weighted by Gasteiger charge is 2.35. The number of nitrogens with zero attached hydrogens (tertiary/aromatic N) is 2. The second kappa shape index (κ2) is 12.4. The molecule has 0 saturated heterocycles. The minimum absolute atomic E-state index is 0.149. The van der Waals surface area contributed by atoms with Gasteiger partial charge < -0.3 is 9.47 Å². The van der Waals surface area contributed by atoms with E-state index < -0.39 is 17.8 Å². The van der Waals surface area contributed by atoms with E-state index in [0.29, 0.717) is 38.5 Å². The number of hydrogen-bond acceptors (Lipinski definition) is 6. The fourth-order valence-corrected chi connectivity index (χ4v) is 7.56. The van der Waals surface area contributed by atoms with Crippen LogP contribution in [0.15, 0.2) is 82.1 Å². The van der Waals surface area contributed by atoms with Gasteiger partial charge in [-0.2, -0.15) is 0 Å². The predicted octanol–water partition coefficient (Wildman–Crippen LogP) is 5.68. The highest BCUT2D eigenvalue weighted by atomic mass is 127. The Bertz CT molecular complexity index is 1800. The van der Waals surface area contributed by atoms with E-state index in [1.54, 1.807) is 25.1 Å². The zero-order valence-electron chi connectivity index (χ0n) is 21.5. The van der Waals surface area contributed by atoms with Crippen LogP contribution in [0, 0.1) is 13.0 Å². The van der Waals surface area contributed by atoms with E-state index in [2.05, 4.69) is 45.2 Å². The van der Waals surface area contributed by atoms with Crippen LogP contribution in [-0.4, -0.2) is 23.8 Å².